The van der Waals surface area contributed by atoms with Crippen molar-refractivity contribution in [3.05, 3.63) is 41.7 Å². The standard InChI is InChI=1S/C18H16F3N3O4S/c1-3-7-27-16-23-17(29-24-16)22-15(25)12-9-13(28-14(12)18(19,20)21)10-5-4-6-11(8-10)26-2/h4-6,8-9H,3,7H2,1-2H3,(H,22,23,24,25). The van der Waals surface area contributed by atoms with Crippen LogP contribution in [-0.4, -0.2) is 29.0 Å². The molecular weight excluding hydrogens is 411 g/mol. The molecule has 0 unspecified atom stereocenters. The number of hydrogen-bond acceptors (Lipinski definition) is 7. The summed E-state index contributed by atoms with van der Waals surface area (Å²) >= 11 is 0.798. The van der Waals surface area contributed by atoms with Crippen molar-refractivity contribution >= 4 is 22.6 Å². The van der Waals surface area contributed by atoms with Crippen LogP contribution < -0.4 is 14.8 Å². The van der Waals surface area contributed by atoms with Crippen LogP contribution in [-0.2, 0) is 6.18 Å². The molecule has 29 heavy (non-hydrogen) atoms. The van der Waals surface area contributed by atoms with Gasteiger partial charge < -0.3 is 13.9 Å². The van der Waals surface area contributed by atoms with Crippen molar-refractivity contribution in [3.8, 4) is 23.1 Å². The fourth-order valence-electron chi connectivity index (χ4n) is 2.37. The first-order valence-electron chi connectivity index (χ1n) is 8.45. The molecule has 3 rings (SSSR count). The first kappa shape index (κ1) is 20.6. The molecule has 11 heteroatoms. The lowest BCUT2D eigenvalue weighted by atomic mass is 10.1. The van der Waals surface area contributed by atoms with Crippen molar-refractivity contribution in [2.45, 2.75) is 19.5 Å². The van der Waals surface area contributed by atoms with Crippen LogP contribution in [0, 0.1) is 0 Å². The van der Waals surface area contributed by atoms with Gasteiger partial charge in [0.15, 0.2) is 0 Å². The zero-order valence-corrected chi connectivity index (χ0v) is 16.2. The normalized spacial score (nSPS) is 11.3. The number of anilines is 1. The fourth-order valence-corrected chi connectivity index (χ4v) is 2.88. The van der Waals surface area contributed by atoms with Gasteiger partial charge in [0.2, 0.25) is 10.9 Å². The largest absolute Gasteiger partial charge is 0.497 e. The maximum absolute atomic E-state index is 13.4. The quantitative estimate of drug-likeness (QED) is 0.579. The number of aromatic nitrogens is 2. The third kappa shape index (κ3) is 4.86. The third-order valence-corrected chi connectivity index (χ3v) is 4.27. The number of alkyl halides is 3. The van der Waals surface area contributed by atoms with Gasteiger partial charge in [0, 0.05) is 17.1 Å². The molecule has 2 heterocycles. The highest BCUT2D eigenvalue weighted by Crippen LogP contribution is 2.38. The highest BCUT2D eigenvalue weighted by molar-refractivity contribution is 7.10. The van der Waals surface area contributed by atoms with E-state index in [1.165, 1.54) is 13.2 Å². The number of amides is 1. The Bertz CT molecular complexity index is 1000. The Morgan fingerprint density at radius 3 is 2.79 bits per heavy atom. The Hall–Kier alpha value is -3.08. The summed E-state index contributed by atoms with van der Waals surface area (Å²) in [4.78, 5) is 16.4. The van der Waals surface area contributed by atoms with Gasteiger partial charge in [-0.1, -0.05) is 19.1 Å². The van der Waals surface area contributed by atoms with Crippen molar-refractivity contribution in [3.63, 3.8) is 0 Å². The molecule has 0 bridgehead atoms. The molecule has 0 aliphatic carbocycles. The average molecular weight is 427 g/mol. The number of nitrogens with one attached hydrogen (secondary N) is 1. The van der Waals surface area contributed by atoms with Gasteiger partial charge in [-0.2, -0.15) is 18.2 Å². The molecule has 154 valence electrons. The van der Waals surface area contributed by atoms with E-state index in [0.717, 1.165) is 24.0 Å². The lowest BCUT2D eigenvalue weighted by Gasteiger charge is -2.05. The Morgan fingerprint density at radius 1 is 1.31 bits per heavy atom. The number of furan rings is 1. The van der Waals surface area contributed by atoms with Gasteiger partial charge in [-0.05, 0) is 24.6 Å². The predicted molar refractivity (Wildman–Crippen MR) is 99.3 cm³/mol. The molecule has 1 N–H and O–H groups in total. The van der Waals surface area contributed by atoms with Crippen LogP contribution >= 0.6 is 11.5 Å². The van der Waals surface area contributed by atoms with Gasteiger partial charge in [0.05, 0.1) is 19.3 Å². The second-order valence-corrected chi connectivity index (χ2v) is 6.52. The predicted octanol–water partition coefficient (Wildman–Crippen LogP) is 4.87. The molecular formula is C18H16F3N3O4S. The Morgan fingerprint density at radius 2 is 2.10 bits per heavy atom. The number of carbonyl (C=O) groups is 1. The summed E-state index contributed by atoms with van der Waals surface area (Å²) in [5.74, 6) is -2.11. The zero-order chi connectivity index (χ0) is 21.0. The molecule has 7 nitrogen and oxygen atoms in total. The van der Waals surface area contributed by atoms with Crippen LogP contribution in [0.5, 0.6) is 11.8 Å². The Labute approximate surface area is 167 Å². The molecule has 0 spiro atoms. The number of carbonyl (C=O) groups excluding carboxylic acids is 1. The van der Waals surface area contributed by atoms with Gasteiger partial charge in [0.25, 0.3) is 5.91 Å². The molecule has 3 aromatic rings. The summed E-state index contributed by atoms with van der Waals surface area (Å²) in [5, 5.41) is 2.31. The SMILES string of the molecule is CCCOc1nsc(NC(=O)c2cc(-c3cccc(OC)c3)oc2C(F)(F)F)n1. The first-order chi connectivity index (χ1) is 13.8. The second-order valence-electron chi connectivity index (χ2n) is 5.77. The second kappa shape index (κ2) is 8.52. The van der Waals surface area contributed by atoms with Gasteiger partial charge in [-0.15, -0.1) is 4.37 Å². The van der Waals surface area contributed by atoms with Crippen LogP contribution in [0.3, 0.4) is 0 Å². The smallest absolute Gasteiger partial charge is 0.450 e. The number of nitrogens with zero attached hydrogens (tertiary/aromatic N) is 2. The van der Waals surface area contributed by atoms with Gasteiger partial charge >= 0.3 is 12.2 Å². The maximum atomic E-state index is 13.4. The Balaban J connectivity index is 1.89. The highest BCUT2D eigenvalue weighted by atomic mass is 32.1. The van der Waals surface area contributed by atoms with E-state index in [9.17, 15) is 18.0 Å². The molecule has 0 fully saturated rings. The number of ether oxygens (including phenoxy) is 2. The van der Waals surface area contributed by atoms with E-state index in [0.29, 0.717) is 17.9 Å². The van der Waals surface area contributed by atoms with E-state index in [4.69, 9.17) is 13.9 Å². The third-order valence-electron chi connectivity index (χ3n) is 3.65. The monoisotopic (exact) mass is 427 g/mol. The summed E-state index contributed by atoms with van der Waals surface area (Å²) < 4.78 is 59.4. The number of hydrogen-bond donors (Lipinski definition) is 1. The van der Waals surface area contributed by atoms with Crippen LogP contribution in [0.1, 0.15) is 29.5 Å². The summed E-state index contributed by atoms with van der Waals surface area (Å²) in [5.41, 5.74) is -0.332. The minimum absolute atomic E-state index is 0.0124. The van der Waals surface area contributed by atoms with Gasteiger partial charge in [0.1, 0.15) is 11.5 Å². The summed E-state index contributed by atoms with van der Waals surface area (Å²) in [6, 6.07) is 7.37. The van der Waals surface area contributed by atoms with Crippen molar-refractivity contribution in [1.29, 1.82) is 0 Å². The van der Waals surface area contributed by atoms with Crippen LogP contribution in [0.4, 0.5) is 18.3 Å². The van der Waals surface area contributed by atoms with E-state index in [2.05, 4.69) is 14.7 Å². The summed E-state index contributed by atoms with van der Waals surface area (Å²) in [7, 11) is 1.43. The van der Waals surface area contributed by atoms with E-state index >= 15 is 0 Å². The molecule has 0 atom stereocenters. The molecule has 1 amide bonds. The number of methoxy groups -OCH3 is 1. The maximum Gasteiger partial charge on any atom is 0.450 e. The molecule has 0 radical (unpaired) electrons. The summed E-state index contributed by atoms with van der Waals surface area (Å²) in [6.07, 6.45) is -4.13. The van der Waals surface area contributed by atoms with E-state index in [1.54, 1.807) is 18.2 Å². The average Bonchev–Trinajstić information content (AvgIpc) is 3.33. The van der Waals surface area contributed by atoms with Crippen LogP contribution in [0.2, 0.25) is 0 Å². The number of benzene rings is 1. The van der Waals surface area contributed by atoms with E-state index in [1.807, 2.05) is 6.92 Å². The van der Waals surface area contributed by atoms with E-state index in [-0.39, 0.29) is 16.9 Å². The Kier molecular flexibility index (Phi) is 6.06. The van der Waals surface area contributed by atoms with Crippen molar-refractivity contribution in [2.24, 2.45) is 0 Å². The minimum Gasteiger partial charge on any atom is -0.497 e. The molecule has 1 aromatic carbocycles. The van der Waals surface area contributed by atoms with E-state index < -0.39 is 23.4 Å². The fraction of sp³-hybridized carbons (Fsp3) is 0.278. The molecule has 0 aliphatic heterocycles. The molecule has 0 saturated carbocycles. The lowest BCUT2D eigenvalue weighted by molar-refractivity contribution is -0.153. The summed E-state index contributed by atoms with van der Waals surface area (Å²) in [6.45, 7) is 2.28. The first-order valence-corrected chi connectivity index (χ1v) is 9.22. The van der Waals surface area contributed by atoms with Crippen LogP contribution in [0.15, 0.2) is 34.7 Å². The van der Waals surface area contributed by atoms with Gasteiger partial charge in [-0.25, -0.2) is 0 Å². The van der Waals surface area contributed by atoms with Gasteiger partial charge in [-0.3, -0.25) is 10.1 Å². The molecule has 0 aliphatic rings. The van der Waals surface area contributed by atoms with Crippen molar-refractivity contribution < 1.29 is 31.9 Å². The highest BCUT2D eigenvalue weighted by Gasteiger charge is 2.40. The minimum atomic E-state index is -4.86. The molecule has 0 saturated heterocycles. The lowest BCUT2D eigenvalue weighted by Crippen LogP contribution is -2.16. The number of halogens is 3. The van der Waals surface area contributed by atoms with Crippen LogP contribution in [0.25, 0.3) is 11.3 Å². The molecule has 2 aromatic heterocycles. The van der Waals surface area contributed by atoms with Crippen molar-refractivity contribution in [1.82, 2.24) is 9.36 Å². The number of rotatable bonds is 7. The van der Waals surface area contributed by atoms with Crippen molar-refractivity contribution in [2.75, 3.05) is 19.0 Å². The topological polar surface area (TPSA) is 86.5 Å². The zero-order valence-electron chi connectivity index (χ0n) is 15.4.